The van der Waals surface area contributed by atoms with E-state index in [1.165, 1.54) is 18.2 Å². The van der Waals surface area contributed by atoms with Gasteiger partial charge in [0.2, 0.25) is 10.0 Å². The molecule has 0 amide bonds. The minimum absolute atomic E-state index is 0.0661. The number of benzene rings is 2. The topological polar surface area (TPSA) is 89.3 Å². The van der Waals surface area contributed by atoms with Crippen molar-refractivity contribution in [3.63, 3.8) is 0 Å². The van der Waals surface area contributed by atoms with Crippen LogP contribution in [0.5, 0.6) is 0 Å². The lowest BCUT2D eigenvalue weighted by Gasteiger charge is -2.07. The lowest BCUT2D eigenvalue weighted by molar-refractivity contribution is 0.104. The third-order valence-corrected chi connectivity index (χ3v) is 4.48. The highest BCUT2D eigenvalue weighted by molar-refractivity contribution is 7.89. The molecule has 0 aliphatic heterocycles. The van der Waals surface area contributed by atoms with E-state index >= 15 is 0 Å². The SMILES string of the molecule is CC(=CC(=O)c1ccc(Cl)cc1)NCc1ccc(S(N)(=O)=O)cc1. The highest BCUT2D eigenvalue weighted by Crippen LogP contribution is 2.11. The maximum atomic E-state index is 12.1. The number of halogens is 1. The normalized spacial score (nSPS) is 12.0. The van der Waals surface area contributed by atoms with Crippen LogP contribution in [0.1, 0.15) is 22.8 Å². The van der Waals surface area contributed by atoms with Gasteiger partial charge in [-0.3, -0.25) is 4.79 Å². The molecule has 0 fully saturated rings. The van der Waals surface area contributed by atoms with E-state index in [9.17, 15) is 13.2 Å². The first-order valence-electron chi connectivity index (χ1n) is 7.09. The van der Waals surface area contributed by atoms with Gasteiger partial charge in [0.05, 0.1) is 4.90 Å². The Morgan fingerprint density at radius 3 is 2.25 bits per heavy atom. The van der Waals surface area contributed by atoms with Gasteiger partial charge in [-0.25, -0.2) is 13.6 Å². The van der Waals surface area contributed by atoms with Crippen LogP contribution in [0.15, 0.2) is 65.2 Å². The fourth-order valence-corrected chi connectivity index (χ4v) is 2.63. The van der Waals surface area contributed by atoms with Crippen LogP contribution in [0.4, 0.5) is 0 Å². The number of nitrogens with two attached hydrogens (primary N) is 1. The molecule has 0 saturated carbocycles. The van der Waals surface area contributed by atoms with Crippen LogP contribution in [0.25, 0.3) is 0 Å². The molecule has 2 rings (SSSR count). The van der Waals surface area contributed by atoms with Gasteiger partial charge < -0.3 is 5.32 Å². The molecule has 126 valence electrons. The van der Waals surface area contributed by atoms with Gasteiger partial charge in [-0.1, -0.05) is 23.7 Å². The molecule has 0 atom stereocenters. The van der Waals surface area contributed by atoms with Crippen molar-refractivity contribution in [1.29, 1.82) is 0 Å². The second-order valence-electron chi connectivity index (χ2n) is 5.24. The fourth-order valence-electron chi connectivity index (χ4n) is 1.98. The number of sulfonamides is 1. The lowest BCUT2D eigenvalue weighted by atomic mass is 10.1. The van der Waals surface area contributed by atoms with Crippen LogP contribution in [-0.4, -0.2) is 14.2 Å². The van der Waals surface area contributed by atoms with Crippen molar-refractivity contribution in [3.8, 4) is 0 Å². The number of hydrogen-bond donors (Lipinski definition) is 2. The Bertz CT molecular complexity index is 858. The highest BCUT2D eigenvalue weighted by Gasteiger charge is 2.07. The van der Waals surface area contributed by atoms with E-state index in [1.807, 2.05) is 0 Å². The van der Waals surface area contributed by atoms with Gasteiger partial charge in [0.1, 0.15) is 0 Å². The number of hydrogen-bond acceptors (Lipinski definition) is 4. The van der Waals surface area contributed by atoms with Gasteiger partial charge in [0, 0.05) is 28.9 Å². The van der Waals surface area contributed by atoms with Gasteiger partial charge in [-0.05, 0) is 48.9 Å². The highest BCUT2D eigenvalue weighted by atomic mass is 35.5. The number of primary sulfonamides is 1. The van der Waals surface area contributed by atoms with Crippen molar-refractivity contribution < 1.29 is 13.2 Å². The van der Waals surface area contributed by atoms with Gasteiger partial charge in [0.15, 0.2) is 5.78 Å². The first kappa shape index (κ1) is 18.2. The van der Waals surface area contributed by atoms with Crippen molar-refractivity contribution in [2.45, 2.75) is 18.4 Å². The van der Waals surface area contributed by atoms with Gasteiger partial charge in [-0.2, -0.15) is 0 Å². The lowest BCUT2D eigenvalue weighted by Crippen LogP contribution is -2.14. The molecule has 2 aromatic rings. The first-order valence-corrected chi connectivity index (χ1v) is 9.02. The van der Waals surface area contributed by atoms with E-state index in [0.29, 0.717) is 22.8 Å². The molecular formula is C17H17ClN2O3S. The summed E-state index contributed by atoms with van der Waals surface area (Å²) >= 11 is 5.79. The van der Waals surface area contributed by atoms with Crippen molar-refractivity contribution in [2.75, 3.05) is 0 Å². The van der Waals surface area contributed by atoms with Crippen LogP contribution in [0.2, 0.25) is 5.02 Å². The number of ketones is 1. The molecule has 0 heterocycles. The maximum absolute atomic E-state index is 12.1. The van der Waals surface area contributed by atoms with Crippen LogP contribution < -0.4 is 10.5 Å². The Morgan fingerprint density at radius 1 is 1.12 bits per heavy atom. The van der Waals surface area contributed by atoms with E-state index in [1.54, 1.807) is 43.3 Å². The molecular weight excluding hydrogens is 348 g/mol. The van der Waals surface area contributed by atoms with Crippen LogP contribution in [-0.2, 0) is 16.6 Å². The van der Waals surface area contributed by atoms with E-state index in [4.69, 9.17) is 16.7 Å². The van der Waals surface area contributed by atoms with Crippen LogP contribution in [0.3, 0.4) is 0 Å². The number of carbonyl (C=O) groups excluding carboxylic acids is 1. The van der Waals surface area contributed by atoms with E-state index in [0.717, 1.165) is 5.56 Å². The average molecular weight is 365 g/mol. The predicted molar refractivity (Wildman–Crippen MR) is 94.2 cm³/mol. The zero-order chi connectivity index (χ0) is 17.7. The third-order valence-electron chi connectivity index (χ3n) is 3.30. The summed E-state index contributed by atoms with van der Waals surface area (Å²) in [5, 5.41) is 8.73. The molecule has 0 aliphatic rings. The quantitative estimate of drug-likeness (QED) is 0.609. The summed E-state index contributed by atoms with van der Waals surface area (Å²) in [5.74, 6) is -0.124. The molecule has 0 aromatic heterocycles. The Hall–Kier alpha value is -2.15. The summed E-state index contributed by atoms with van der Waals surface area (Å²) in [4.78, 5) is 12.2. The minimum Gasteiger partial charge on any atom is -0.384 e. The Labute approximate surface area is 146 Å². The molecule has 7 heteroatoms. The first-order chi connectivity index (χ1) is 11.3. The van der Waals surface area contributed by atoms with Gasteiger partial charge >= 0.3 is 0 Å². The van der Waals surface area contributed by atoms with Gasteiger partial charge in [0.25, 0.3) is 0 Å². The molecule has 0 bridgehead atoms. The predicted octanol–water partition coefficient (Wildman–Crippen LogP) is 2.86. The monoisotopic (exact) mass is 364 g/mol. The Kier molecular flexibility index (Phi) is 5.77. The van der Waals surface area contributed by atoms with Crippen LogP contribution in [0, 0.1) is 0 Å². The smallest absolute Gasteiger partial charge is 0.238 e. The molecule has 0 aliphatic carbocycles. The molecule has 0 radical (unpaired) electrons. The molecule has 2 aromatic carbocycles. The summed E-state index contributed by atoms with van der Waals surface area (Å²) in [6.07, 6.45) is 1.50. The molecule has 5 nitrogen and oxygen atoms in total. The van der Waals surface area contributed by atoms with Crippen molar-refractivity contribution in [1.82, 2.24) is 5.32 Å². The van der Waals surface area contributed by atoms with Crippen molar-refractivity contribution >= 4 is 27.4 Å². The zero-order valence-corrected chi connectivity index (χ0v) is 14.6. The Morgan fingerprint density at radius 2 is 1.71 bits per heavy atom. The van der Waals surface area contributed by atoms with E-state index in [2.05, 4.69) is 5.32 Å². The number of rotatable bonds is 6. The molecule has 24 heavy (non-hydrogen) atoms. The summed E-state index contributed by atoms with van der Waals surface area (Å²) in [5.41, 5.74) is 2.12. The zero-order valence-electron chi connectivity index (χ0n) is 13.0. The number of carbonyl (C=O) groups is 1. The fraction of sp³-hybridized carbons (Fsp3) is 0.118. The second-order valence-corrected chi connectivity index (χ2v) is 7.24. The Balaban J connectivity index is 1.98. The molecule has 0 spiro atoms. The number of allylic oxidation sites excluding steroid dienone is 2. The summed E-state index contributed by atoms with van der Waals surface area (Å²) in [7, 11) is -3.69. The second kappa shape index (κ2) is 7.61. The standard InChI is InChI=1S/C17H17ClN2O3S/c1-12(10-17(21)14-4-6-15(18)7-5-14)20-11-13-2-8-16(9-3-13)24(19,22)23/h2-10,20H,11H2,1H3,(H2,19,22,23). The van der Waals surface area contributed by atoms with Crippen molar-refractivity contribution in [2.24, 2.45) is 5.14 Å². The molecule has 0 unspecified atom stereocenters. The third kappa shape index (κ3) is 5.19. The maximum Gasteiger partial charge on any atom is 0.238 e. The summed E-state index contributed by atoms with van der Waals surface area (Å²) in [6.45, 7) is 2.24. The summed E-state index contributed by atoms with van der Waals surface area (Å²) < 4.78 is 22.4. The average Bonchev–Trinajstić information content (AvgIpc) is 2.53. The summed E-state index contributed by atoms with van der Waals surface area (Å²) in [6, 6.07) is 12.9. The minimum atomic E-state index is -3.69. The van der Waals surface area contributed by atoms with Gasteiger partial charge in [-0.15, -0.1) is 0 Å². The largest absolute Gasteiger partial charge is 0.384 e. The van der Waals surface area contributed by atoms with Crippen LogP contribution >= 0.6 is 11.6 Å². The molecule has 3 N–H and O–H groups in total. The van der Waals surface area contributed by atoms with E-state index in [-0.39, 0.29) is 10.7 Å². The van der Waals surface area contributed by atoms with E-state index < -0.39 is 10.0 Å². The number of nitrogens with one attached hydrogen (secondary N) is 1. The van der Waals surface area contributed by atoms with Crippen molar-refractivity contribution in [3.05, 3.63) is 76.5 Å². The molecule has 0 saturated heterocycles.